The molecule has 0 saturated carbocycles. The van der Waals surface area contributed by atoms with E-state index in [1.165, 1.54) is 6.21 Å². The highest BCUT2D eigenvalue weighted by atomic mass is 32.2. The van der Waals surface area contributed by atoms with Gasteiger partial charge in [0.25, 0.3) is 10.0 Å². The third kappa shape index (κ3) is 5.56. The molecule has 4 nitrogen and oxygen atoms in total. The van der Waals surface area contributed by atoms with Crippen LogP contribution in [0.1, 0.15) is 22.3 Å². The van der Waals surface area contributed by atoms with E-state index in [9.17, 15) is 8.42 Å². The van der Waals surface area contributed by atoms with Gasteiger partial charge in [0, 0.05) is 5.56 Å². The summed E-state index contributed by atoms with van der Waals surface area (Å²) in [7, 11) is -3.82. The standard InChI is InChI=1S/C24H22N2O2S/c1-20-10-14-23(15-11-20)19-25-26(18-6-9-22-7-4-3-5-8-22)29(27,28)24-16-12-21(2)13-17-24/h3-5,7-8,10-17,19H,18H2,1-2H3/b25-19+. The van der Waals surface area contributed by atoms with E-state index in [4.69, 9.17) is 0 Å². The van der Waals surface area contributed by atoms with Gasteiger partial charge in [-0.2, -0.15) is 17.9 Å². The molecule has 0 N–H and O–H groups in total. The fourth-order valence-electron chi connectivity index (χ4n) is 2.53. The largest absolute Gasteiger partial charge is 0.279 e. The van der Waals surface area contributed by atoms with Gasteiger partial charge in [0.1, 0.15) is 6.54 Å². The second kappa shape index (κ2) is 9.22. The summed E-state index contributed by atoms with van der Waals surface area (Å²) in [5, 5.41) is 4.24. The Bertz CT molecular complexity index is 1140. The van der Waals surface area contributed by atoms with Gasteiger partial charge in [-0.3, -0.25) is 0 Å². The van der Waals surface area contributed by atoms with Gasteiger partial charge >= 0.3 is 0 Å². The van der Waals surface area contributed by atoms with Gasteiger partial charge < -0.3 is 0 Å². The third-order valence-corrected chi connectivity index (χ3v) is 5.88. The van der Waals surface area contributed by atoms with Crippen molar-refractivity contribution < 1.29 is 8.42 Å². The Labute approximate surface area is 172 Å². The molecule has 0 aliphatic rings. The molecule has 0 aliphatic heterocycles. The summed E-state index contributed by atoms with van der Waals surface area (Å²) in [6.07, 6.45) is 1.54. The highest BCUT2D eigenvalue weighted by Crippen LogP contribution is 2.17. The number of hydrazone groups is 1. The summed E-state index contributed by atoms with van der Waals surface area (Å²) in [5.41, 5.74) is 3.75. The Balaban J connectivity index is 1.91. The SMILES string of the molecule is Cc1ccc(/C=N/N(CC#Cc2ccccc2)S(=O)(=O)c2ccc(C)cc2)cc1. The molecule has 0 radical (unpaired) electrons. The Hall–Kier alpha value is -3.36. The summed E-state index contributed by atoms with van der Waals surface area (Å²) in [6, 6.07) is 23.8. The number of aryl methyl sites for hydroxylation is 2. The molecule has 0 atom stereocenters. The van der Waals surface area contributed by atoms with Crippen LogP contribution in [-0.2, 0) is 10.0 Å². The summed E-state index contributed by atoms with van der Waals surface area (Å²) < 4.78 is 27.2. The summed E-state index contributed by atoms with van der Waals surface area (Å²) in [5.74, 6) is 5.90. The minimum atomic E-state index is -3.82. The van der Waals surface area contributed by atoms with Crippen molar-refractivity contribution >= 4 is 16.2 Å². The molecule has 3 aromatic carbocycles. The van der Waals surface area contributed by atoms with Crippen LogP contribution >= 0.6 is 0 Å². The molecule has 0 aliphatic carbocycles. The predicted molar refractivity (Wildman–Crippen MR) is 117 cm³/mol. The molecule has 0 aromatic heterocycles. The average Bonchev–Trinajstić information content (AvgIpc) is 2.72. The van der Waals surface area contributed by atoms with Crippen LogP contribution in [0, 0.1) is 25.7 Å². The van der Waals surface area contributed by atoms with E-state index >= 15 is 0 Å². The van der Waals surface area contributed by atoms with Crippen LogP contribution in [-0.4, -0.2) is 25.6 Å². The lowest BCUT2D eigenvalue weighted by Crippen LogP contribution is -2.27. The lowest BCUT2D eigenvalue weighted by molar-refractivity contribution is 0.468. The van der Waals surface area contributed by atoms with E-state index in [0.29, 0.717) is 0 Å². The number of hydrogen-bond acceptors (Lipinski definition) is 3. The molecular formula is C24H22N2O2S. The zero-order valence-electron chi connectivity index (χ0n) is 16.4. The van der Waals surface area contributed by atoms with Gasteiger partial charge in [-0.05, 0) is 43.7 Å². The topological polar surface area (TPSA) is 49.7 Å². The van der Waals surface area contributed by atoms with E-state index in [1.807, 2.05) is 68.4 Å². The molecule has 0 unspecified atom stereocenters. The second-order valence-electron chi connectivity index (χ2n) is 6.62. The van der Waals surface area contributed by atoms with Crippen molar-refractivity contribution in [2.75, 3.05) is 6.54 Å². The van der Waals surface area contributed by atoms with E-state index in [2.05, 4.69) is 16.9 Å². The normalized spacial score (nSPS) is 11.1. The lowest BCUT2D eigenvalue weighted by Gasteiger charge is -2.16. The number of benzene rings is 3. The lowest BCUT2D eigenvalue weighted by atomic mass is 10.2. The zero-order valence-corrected chi connectivity index (χ0v) is 17.2. The first-order chi connectivity index (χ1) is 13.9. The maximum absolute atomic E-state index is 13.1. The van der Waals surface area contributed by atoms with Crippen LogP contribution in [0.5, 0.6) is 0 Å². The van der Waals surface area contributed by atoms with Gasteiger partial charge in [0.15, 0.2) is 0 Å². The summed E-state index contributed by atoms with van der Waals surface area (Å²) >= 11 is 0. The van der Waals surface area contributed by atoms with Crippen molar-refractivity contribution in [2.24, 2.45) is 5.10 Å². The molecule has 146 valence electrons. The van der Waals surface area contributed by atoms with Crippen molar-refractivity contribution in [3.63, 3.8) is 0 Å². The first kappa shape index (κ1) is 20.4. The molecule has 29 heavy (non-hydrogen) atoms. The molecule has 0 spiro atoms. The molecule has 0 heterocycles. The van der Waals surface area contributed by atoms with Crippen molar-refractivity contribution in [2.45, 2.75) is 18.7 Å². The minimum Gasteiger partial charge on any atom is -0.200 e. The maximum atomic E-state index is 13.1. The Kier molecular flexibility index (Phi) is 6.48. The minimum absolute atomic E-state index is 0.0481. The maximum Gasteiger partial charge on any atom is 0.279 e. The molecule has 3 rings (SSSR count). The third-order valence-electron chi connectivity index (χ3n) is 4.23. The van der Waals surface area contributed by atoms with Crippen LogP contribution in [0.2, 0.25) is 0 Å². The summed E-state index contributed by atoms with van der Waals surface area (Å²) in [4.78, 5) is 0.186. The van der Waals surface area contributed by atoms with Crippen LogP contribution in [0.4, 0.5) is 0 Å². The number of hydrogen-bond donors (Lipinski definition) is 0. The Morgan fingerprint density at radius 3 is 2.07 bits per heavy atom. The molecule has 5 heteroatoms. The van der Waals surface area contributed by atoms with Gasteiger partial charge in [0.05, 0.1) is 11.1 Å². The molecule has 0 saturated heterocycles. The van der Waals surface area contributed by atoms with Crippen molar-refractivity contribution in [3.8, 4) is 11.8 Å². The number of rotatable bonds is 5. The quantitative estimate of drug-likeness (QED) is 0.361. The molecule has 0 bridgehead atoms. The molecule has 0 fully saturated rings. The Morgan fingerprint density at radius 2 is 1.45 bits per heavy atom. The van der Waals surface area contributed by atoms with Crippen LogP contribution in [0.25, 0.3) is 0 Å². The zero-order chi connectivity index (χ0) is 20.7. The van der Waals surface area contributed by atoms with E-state index < -0.39 is 10.0 Å². The van der Waals surface area contributed by atoms with Gasteiger partial charge in [-0.25, -0.2) is 0 Å². The fourth-order valence-corrected chi connectivity index (χ4v) is 3.66. The molecule has 0 amide bonds. The van der Waals surface area contributed by atoms with Gasteiger partial charge in [-0.1, -0.05) is 77.6 Å². The predicted octanol–water partition coefficient (Wildman–Crippen LogP) is 4.38. The first-order valence-corrected chi connectivity index (χ1v) is 10.6. The van der Waals surface area contributed by atoms with E-state index in [0.717, 1.165) is 26.7 Å². The Morgan fingerprint density at radius 1 is 0.862 bits per heavy atom. The fraction of sp³-hybridized carbons (Fsp3) is 0.125. The van der Waals surface area contributed by atoms with Gasteiger partial charge in [-0.15, -0.1) is 0 Å². The van der Waals surface area contributed by atoms with Crippen molar-refractivity contribution in [3.05, 3.63) is 101 Å². The number of sulfonamides is 1. The second-order valence-corrected chi connectivity index (χ2v) is 8.46. The highest BCUT2D eigenvalue weighted by molar-refractivity contribution is 7.89. The van der Waals surface area contributed by atoms with Crippen LogP contribution in [0.15, 0.2) is 88.9 Å². The number of nitrogens with zero attached hydrogens (tertiary/aromatic N) is 2. The van der Waals surface area contributed by atoms with Crippen molar-refractivity contribution in [1.29, 1.82) is 0 Å². The average molecular weight is 403 g/mol. The summed E-state index contributed by atoms with van der Waals surface area (Å²) in [6.45, 7) is 3.86. The van der Waals surface area contributed by atoms with E-state index in [1.54, 1.807) is 24.3 Å². The highest BCUT2D eigenvalue weighted by Gasteiger charge is 2.22. The molecular weight excluding hydrogens is 380 g/mol. The van der Waals surface area contributed by atoms with Crippen LogP contribution < -0.4 is 0 Å². The van der Waals surface area contributed by atoms with Crippen LogP contribution in [0.3, 0.4) is 0 Å². The van der Waals surface area contributed by atoms with E-state index in [-0.39, 0.29) is 11.4 Å². The van der Waals surface area contributed by atoms with Gasteiger partial charge in [0.2, 0.25) is 0 Å². The monoisotopic (exact) mass is 402 g/mol. The van der Waals surface area contributed by atoms with Crippen molar-refractivity contribution in [1.82, 2.24) is 4.41 Å². The first-order valence-electron chi connectivity index (χ1n) is 9.19. The molecule has 3 aromatic rings. The smallest absolute Gasteiger partial charge is 0.200 e.